The number of carbonyl (C=O) groups excluding carboxylic acids is 1. The highest BCUT2D eigenvalue weighted by atomic mass is 35.5. The zero-order chi connectivity index (χ0) is 27.3. The van der Waals surface area contributed by atoms with Crippen molar-refractivity contribution in [1.29, 1.82) is 0 Å². The number of amides is 1. The molecule has 0 aliphatic rings. The van der Waals surface area contributed by atoms with Gasteiger partial charge in [-0.1, -0.05) is 71.4 Å². The number of aromatic nitrogens is 3. The Morgan fingerprint density at radius 1 is 0.947 bits per heavy atom. The minimum absolute atomic E-state index is 0.131. The van der Waals surface area contributed by atoms with Crippen LogP contribution in [0.2, 0.25) is 10.0 Å². The molecule has 0 saturated heterocycles. The number of hydrogen-bond acceptors (Lipinski definition) is 5. The van der Waals surface area contributed by atoms with Gasteiger partial charge in [0.05, 0.1) is 32.7 Å². The largest absolute Gasteiger partial charge is 0.418 e. The first kappa shape index (κ1) is 27.8. The monoisotopic (exact) mass is 579 g/mol. The van der Waals surface area contributed by atoms with Crippen LogP contribution in [-0.2, 0) is 23.9 Å². The van der Waals surface area contributed by atoms with E-state index in [1.165, 1.54) is 18.2 Å². The Hall–Kier alpha value is -3.21. The predicted octanol–water partition coefficient (Wildman–Crippen LogP) is 7.69. The van der Waals surface area contributed by atoms with Gasteiger partial charge in [-0.05, 0) is 42.8 Å². The molecule has 38 heavy (non-hydrogen) atoms. The van der Waals surface area contributed by atoms with Crippen molar-refractivity contribution in [2.45, 2.75) is 31.2 Å². The van der Waals surface area contributed by atoms with E-state index in [1.54, 1.807) is 18.2 Å². The molecular formula is C26H22Cl2F3N5OS. The summed E-state index contributed by atoms with van der Waals surface area (Å²) in [6.07, 6.45) is -4.14. The van der Waals surface area contributed by atoms with Gasteiger partial charge in [0.1, 0.15) is 5.82 Å². The maximum Gasteiger partial charge on any atom is 0.418 e. The van der Waals surface area contributed by atoms with Gasteiger partial charge in [-0.2, -0.15) is 13.2 Å². The number of halogens is 5. The van der Waals surface area contributed by atoms with Gasteiger partial charge >= 0.3 is 6.18 Å². The molecule has 12 heteroatoms. The fourth-order valence-electron chi connectivity index (χ4n) is 3.75. The van der Waals surface area contributed by atoms with Gasteiger partial charge in [0.15, 0.2) is 5.16 Å². The fourth-order valence-corrected chi connectivity index (χ4v) is 5.06. The van der Waals surface area contributed by atoms with Crippen LogP contribution in [0.4, 0.5) is 30.2 Å². The zero-order valence-electron chi connectivity index (χ0n) is 20.0. The third-order valence-corrected chi connectivity index (χ3v) is 7.13. The SMILES string of the molecule is CCn1c(Cc2ccccc2Nc2c(Cl)cccc2Cl)nnc1SCC(=O)Nc1ccccc1C(F)(F)F. The summed E-state index contributed by atoms with van der Waals surface area (Å²) < 4.78 is 41.5. The van der Waals surface area contributed by atoms with E-state index in [4.69, 9.17) is 23.2 Å². The summed E-state index contributed by atoms with van der Waals surface area (Å²) in [6.45, 7) is 2.46. The van der Waals surface area contributed by atoms with Crippen LogP contribution in [0.25, 0.3) is 0 Å². The van der Waals surface area contributed by atoms with Crippen LogP contribution in [0.5, 0.6) is 0 Å². The Morgan fingerprint density at radius 2 is 1.61 bits per heavy atom. The van der Waals surface area contributed by atoms with E-state index in [0.717, 1.165) is 29.1 Å². The molecule has 3 aromatic carbocycles. The number of thioether (sulfide) groups is 1. The molecule has 1 heterocycles. The van der Waals surface area contributed by atoms with Crippen molar-refractivity contribution in [2.24, 2.45) is 0 Å². The van der Waals surface area contributed by atoms with Crippen LogP contribution < -0.4 is 10.6 Å². The van der Waals surface area contributed by atoms with Gasteiger partial charge in [-0.15, -0.1) is 10.2 Å². The second kappa shape index (κ2) is 12.1. The number of nitrogens with one attached hydrogen (secondary N) is 2. The van der Waals surface area contributed by atoms with Crippen LogP contribution >= 0.6 is 35.0 Å². The van der Waals surface area contributed by atoms with Crippen LogP contribution in [-0.4, -0.2) is 26.4 Å². The molecule has 0 atom stereocenters. The standard InChI is InChI=1S/C26H22Cl2F3N5OS/c1-2-36-22(14-16-8-3-5-12-20(16)33-24-18(27)10-7-11-19(24)28)34-35-25(36)38-15-23(37)32-21-13-6-4-9-17(21)26(29,30)31/h3-13,33H,2,14-15H2,1H3,(H,32,37). The molecule has 6 nitrogen and oxygen atoms in total. The molecule has 4 aromatic rings. The number of hydrogen-bond donors (Lipinski definition) is 2. The average Bonchev–Trinajstić information content (AvgIpc) is 3.27. The summed E-state index contributed by atoms with van der Waals surface area (Å²) in [7, 11) is 0. The van der Waals surface area contributed by atoms with Crippen LogP contribution in [0.3, 0.4) is 0 Å². The summed E-state index contributed by atoms with van der Waals surface area (Å²) in [5.41, 5.74) is 1.12. The quantitative estimate of drug-likeness (QED) is 0.199. The molecule has 0 saturated carbocycles. The van der Waals surface area contributed by atoms with Crippen LogP contribution in [0.1, 0.15) is 23.9 Å². The van der Waals surface area contributed by atoms with Crippen molar-refractivity contribution in [2.75, 3.05) is 16.4 Å². The molecule has 2 N–H and O–H groups in total. The summed E-state index contributed by atoms with van der Waals surface area (Å²) >= 11 is 13.7. The minimum Gasteiger partial charge on any atom is -0.353 e. The third-order valence-electron chi connectivity index (χ3n) is 5.54. The maximum absolute atomic E-state index is 13.2. The second-order valence-corrected chi connectivity index (χ2v) is 9.84. The van der Waals surface area contributed by atoms with E-state index < -0.39 is 17.6 Å². The number of carbonyl (C=O) groups is 1. The lowest BCUT2D eigenvalue weighted by molar-refractivity contribution is -0.137. The molecule has 0 bridgehead atoms. The van der Waals surface area contributed by atoms with E-state index in [0.29, 0.717) is 39.7 Å². The molecule has 198 valence electrons. The highest BCUT2D eigenvalue weighted by molar-refractivity contribution is 7.99. The number of alkyl halides is 3. The maximum atomic E-state index is 13.2. The van der Waals surface area contributed by atoms with Crippen molar-refractivity contribution >= 4 is 57.9 Å². The molecule has 0 unspecified atom stereocenters. The van der Waals surface area contributed by atoms with Gasteiger partial charge in [-0.3, -0.25) is 4.79 Å². The third kappa shape index (κ3) is 6.61. The lowest BCUT2D eigenvalue weighted by atomic mass is 10.1. The number of rotatable bonds is 9. The number of para-hydroxylation sites is 3. The predicted molar refractivity (Wildman–Crippen MR) is 145 cm³/mol. The lowest BCUT2D eigenvalue weighted by Crippen LogP contribution is -2.18. The van der Waals surface area contributed by atoms with Gasteiger partial charge in [-0.25, -0.2) is 0 Å². The molecule has 1 amide bonds. The summed E-state index contributed by atoms with van der Waals surface area (Å²) in [5.74, 6) is -0.0459. The number of benzene rings is 3. The first-order valence-corrected chi connectivity index (χ1v) is 13.2. The molecule has 0 aliphatic heterocycles. The van der Waals surface area contributed by atoms with Crippen molar-refractivity contribution in [1.82, 2.24) is 14.8 Å². The van der Waals surface area contributed by atoms with Crippen molar-refractivity contribution in [3.05, 3.63) is 93.7 Å². The van der Waals surface area contributed by atoms with Crippen molar-refractivity contribution in [3.8, 4) is 0 Å². The molecule has 0 aliphatic carbocycles. The van der Waals surface area contributed by atoms with Gasteiger partial charge in [0.2, 0.25) is 5.91 Å². The van der Waals surface area contributed by atoms with E-state index >= 15 is 0 Å². The summed E-state index contributed by atoms with van der Waals surface area (Å²) in [6, 6.07) is 17.7. The Bertz CT molecular complexity index is 1420. The number of nitrogens with zero attached hydrogens (tertiary/aromatic N) is 3. The molecular weight excluding hydrogens is 558 g/mol. The number of anilines is 3. The molecule has 4 rings (SSSR count). The zero-order valence-corrected chi connectivity index (χ0v) is 22.3. The first-order chi connectivity index (χ1) is 18.2. The highest BCUT2D eigenvalue weighted by Crippen LogP contribution is 2.35. The normalized spacial score (nSPS) is 11.4. The van der Waals surface area contributed by atoms with E-state index in [-0.39, 0.29) is 11.4 Å². The van der Waals surface area contributed by atoms with Gasteiger partial charge in [0, 0.05) is 18.7 Å². The molecule has 0 fully saturated rings. The first-order valence-electron chi connectivity index (χ1n) is 11.5. The lowest BCUT2D eigenvalue weighted by Gasteiger charge is -2.15. The topological polar surface area (TPSA) is 71.8 Å². The average molecular weight is 580 g/mol. The summed E-state index contributed by atoms with van der Waals surface area (Å²) in [4.78, 5) is 12.4. The fraction of sp³-hybridized carbons (Fsp3) is 0.192. The highest BCUT2D eigenvalue weighted by Gasteiger charge is 2.33. The molecule has 0 radical (unpaired) electrons. The Balaban J connectivity index is 1.47. The van der Waals surface area contributed by atoms with E-state index in [2.05, 4.69) is 20.8 Å². The Kier molecular flexibility index (Phi) is 8.86. The van der Waals surface area contributed by atoms with Gasteiger partial charge < -0.3 is 15.2 Å². The second-order valence-electron chi connectivity index (χ2n) is 8.08. The van der Waals surface area contributed by atoms with Crippen LogP contribution in [0.15, 0.2) is 71.9 Å². The smallest absolute Gasteiger partial charge is 0.353 e. The van der Waals surface area contributed by atoms with E-state index in [1.807, 2.05) is 35.8 Å². The van der Waals surface area contributed by atoms with Gasteiger partial charge in [0.25, 0.3) is 0 Å². The van der Waals surface area contributed by atoms with Crippen molar-refractivity contribution in [3.63, 3.8) is 0 Å². The summed E-state index contributed by atoms with van der Waals surface area (Å²) in [5, 5.41) is 15.6. The van der Waals surface area contributed by atoms with Crippen LogP contribution in [0, 0.1) is 0 Å². The minimum atomic E-state index is -4.57. The molecule has 1 aromatic heterocycles. The Morgan fingerprint density at radius 3 is 2.29 bits per heavy atom. The Labute approximate surface area is 231 Å². The van der Waals surface area contributed by atoms with E-state index in [9.17, 15) is 18.0 Å². The molecule has 0 spiro atoms. The van der Waals surface area contributed by atoms with Crippen molar-refractivity contribution < 1.29 is 18.0 Å².